The topological polar surface area (TPSA) is 17.1 Å². The van der Waals surface area contributed by atoms with E-state index in [1.165, 1.54) is 0 Å². The Morgan fingerprint density at radius 1 is 0.895 bits per heavy atom. The molecule has 0 N–H and O–H groups in total. The lowest BCUT2D eigenvalue weighted by Crippen LogP contribution is -2.09. The number of benzene rings is 2. The van der Waals surface area contributed by atoms with Gasteiger partial charge >= 0.3 is 0 Å². The largest absolute Gasteiger partial charge is 0.288 e. The Balaban J connectivity index is 2.60. The lowest BCUT2D eigenvalue weighted by atomic mass is 9.94. The molecule has 98 valence electrons. The fraction of sp³-hybridized carbons (Fsp3) is 0.133. The average Bonchev–Trinajstić information content (AvgIpc) is 2.33. The van der Waals surface area contributed by atoms with Crippen molar-refractivity contribution in [3.8, 4) is 0 Å². The molecule has 0 amide bonds. The molecular weight excluding hydrogens is 253 g/mol. The third-order valence-electron chi connectivity index (χ3n) is 2.96. The molecule has 0 spiro atoms. The maximum absolute atomic E-state index is 13.6. The molecule has 0 bridgehead atoms. The lowest BCUT2D eigenvalue weighted by Gasteiger charge is -2.09. The molecule has 0 aromatic heterocycles. The average molecular weight is 264 g/mol. The van der Waals surface area contributed by atoms with E-state index in [0.29, 0.717) is 28.8 Å². The summed E-state index contributed by atoms with van der Waals surface area (Å²) in [6.07, 6.45) is 0. The van der Waals surface area contributed by atoms with Crippen molar-refractivity contribution in [3.63, 3.8) is 0 Å². The molecule has 4 heteroatoms. The fourth-order valence-electron chi connectivity index (χ4n) is 2.00. The number of hydrogen-bond donors (Lipinski definition) is 0. The first-order valence-corrected chi connectivity index (χ1v) is 5.67. The number of carbonyl (C=O) groups is 1. The van der Waals surface area contributed by atoms with Crippen LogP contribution in [0.25, 0.3) is 0 Å². The first-order chi connectivity index (χ1) is 8.91. The Kier molecular flexibility index (Phi) is 3.42. The summed E-state index contributed by atoms with van der Waals surface area (Å²) >= 11 is 0. The summed E-state index contributed by atoms with van der Waals surface area (Å²) in [5.74, 6) is -4.26. The van der Waals surface area contributed by atoms with E-state index in [1.54, 1.807) is 32.0 Å². The van der Waals surface area contributed by atoms with Crippen molar-refractivity contribution in [2.24, 2.45) is 0 Å². The van der Waals surface area contributed by atoms with Gasteiger partial charge in [-0.1, -0.05) is 18.2 Å². The predicted octanol–water partition coefficient (Wildman–Crippen LogP) is 3.95. The van der Waals surface area contributed by atoms with Crippen LogP contribution in [-0.4, -0.2) is 5.78 Å². The van der Waals surface area contributed by atoms with Crippen LogP contribution in [0.4, 0.5) is 13.2 Å². The summed E-state index contributed by atoms with van der Waals surface area (Å²) < 4.78 is 39.6. The first kappa shape index (κ1) is 13.3. The van der Waals surface area contributed by atoms with Gasteiger partial charge in [0.1, 0.15) is 5.82 Å². The summed E-state index contributed by atoms with van der Waals surface area (Å²) in [6.45, 7) is 3.41. The molecule has 0 saturated heterocycles. The Labute approximate surface area is 108 Å². The van der Waals surface area contributed by atoms with E-state index in [9.17, 15) is 18.0 Å². The molecular formula is C15H11F3O. The summed E-state index contributed by atoms with van der Waals surface area (Å²) in [6, 6.07) is 6.16. The highest BCUT2D eigenvalue weighted by molar-refractivity contribution is 6.10. The van der Waals surface area contributed by atoms with Gasteiger partial charge in [0.25, 0.3) is 0 Å². The molecule has 2 rings (SSSR count). The second-order valence-corrected chi connectivity index (χ2v) is 4.34. The minimum absolute atomic E-state index is 0.312. The van der Waals surface area contributed by atoms with E-state index in [1.807, 2.05) is 0 Å². The minimum Gasteiger partial charge on any atom is -0.288 e. The van der Waals surface area contributed by atoms with Gasteiger partial charge < -0.3 is 0 Å². The molecule has 2 aromatic carbocycles. The van der Waals surface area contributed by atoms with Crippen LogP contribution in [0.2, 0.25) is 0 Å². The summed E-state index contributed by atoms with van der Waals surface area (Å²) in [5.41, 5.74) is 1.17. The maximum atomic E-state index is 13.6. The third-order valence-corrected chi connectivity index (χ3v) is 2.96. The normalized spacial score (nSPS) is 10.6. The van der Waals surface area contributed by atoms with Crippen molar-refractivity contribution in [2.45, 2.75) is 13.8 Å². The van der Waals surface area contributed by atoms with Crippen molar-refractivity contribution < 1.29 is 18.0 Å². The predicted molar refractivity (Wildman–Crippen MR) is 65.7 cm³/mol. The van der Waals surface area contributed by atoms with Crippen LogP contribution in [0.5, 0.6) is 0 Å². The van der Waals surface area contributed by atoms with Gasteiger partial charge in [-0.05, 0) is 31.0 Å². The van der Waals surface area contributed by atoms with E-state index in [-0.39, 0.29) is 0 Å². The van der Waals surface area contributed by atoms with Gasteiger partial charge in [0.2, 0.25) is 0 Å². The van der Waals surface area contributed by atoms with Gasteiger partial charge in [-0.2, -0.15) is 0 Å². The molecule has 0 aliphatic heterocycles. The fourth-order valence-corrected chi connectivity index (χ4v) is 2.00. The summed E-state index contributed by atoms with van der Waals surface area (Å²) in [5, 5.41) is 0. The molecule has 0 unspecified atom stereocenters. The van der Waals surface area contributed by atoms with Gasteiger partial charge in [-0.25, -0.2) is 13.2 Å². The molecule has 0 aliphatic carbocycles. The highest BCUT2D eigenvalue weighted by Crippen LogP contribution is 2.21. The van der Waals surface area contributed by atoms with Gasteiger partial charge in [-0.15, -0.1) is 0 Å². The molecule has 0 fully saturated rings. The van der Waals surface area contributed by atoms with Crippen molar-refractivity contribution in [1.29, 1.82) is 0 Å². The van der Waals surface area contributed by atoms with Crippen molar-refractivity contribution >= 4 is 5.78 Å². The van der Waals surface area contributed by atoms with Crippen molar-refractivity contribution in [2.75, 3.05) is 0 Å². The van der Waals surface area contributed by atoms with Crippen LogP contribution in [-0.2, 0) is 0 Å². The third kappa shape index (κ3) is 2.38. The highest BCUT2D eigenvalue weighted by Gasteiger charge is 2.20. The number of rotatable bonds is 2. The Bertz CT molecular complexity index is 642. The molecule has 19 heavy (non-hydrogen) atoms. The van der Waals surface area contributed by atoms with Crippen molar-refractivity contribution in [3.05, 3.63) is 70.0 Å². The van der Waals surface area contributed by atoms with Gasteiger partial charge in [0.15, 0.2) is 17.4 Å². The monoisotopic (exact) mass is 264 g/mol. The molecule has 0 radical (unpaired) electrons. The van der Waals surface area contributed by atoms with Crippen LogP contribution in [0.1, 0.15) is 27.0 Å². The van der Waals surface area contributed by atoms with E-state index in [4.69, 9.17) is 0 Å². The second-order valence-electron chi connectivity index (χ2n) is 4.34. The smallest absolute Gasteiger partial charge is 0.196 e. The molecule has 0 atom stereocenters. The quantitative estimate of drug-likeness (QED) is 0.593. The Morgan fingerprint density at radius 2 is 1.42 bits per heavy atom. The molecule has 0 saturated carbocycles. The first-order valence-electron chi connectivity index (χ1n) is 5.67. The van der Waals surface area contributed by atoms with Crippen molar-refractivity contribution in [1.82, 2.24) is 0 Å². The number of aryl methyl sites for hydroxylation is 2. The van der Waals surface area contributed by atoms with E-state index >= 15 is 0 Å². The molecule has 1 nitrogen and oxygen atoms in total. The summed E-state index contributed by atoms with van der Waals surface area (Å²) in [4.78, 5) is 12.2. The van der Waals surface area contributed by atoms with Gasteiger partial charge in [0.05, 0.1) is 5.56 Å². The zero-order chi connectivity index (χ0) is 14.2. The van der Waals surface area contributed by atoms with E-state index in [2.05, 4.69) is 0 Å². The minimum atomic E-state index is -1.31. The maximum Gasteiger partial charge on any atom is 0.196 e. The number of halogens is 3. The second kappa shape index (κ2) is 4.88. The SMILES string of the molecule is Cc1cccc(C)c1C(=O)c1cc(F)c(F)cc1F. The zero-order valence-corrected chi connectivity index (χ0v) is 10.4. The Hall–Kier alpha value is -2.10. The van der Waals surface area contributed by atoms with E-state index < -0.39 is 28.8 Å². The standard InChI is InChI=1S/C15H11F3O/c1-8-4-3-5-9(2)14(8)15(19)10-6-12(17)13(18)7-11(10)16/h3-7H,1-2H3. The molecule has 0 heterocycles. The molecule has 2 aromatic rings. The van der Waals surface area contributed by atoms with Gasteiger partial charge in [-0.3, -0.25) is 4.79 Å². The van der Waals surface area contributed by atoms with E-state index in [0.717, 1.165) is 0 Å². The van der Waals surface area contributed by atoms with Crippen LogP contribution in [0, 0.1) is 31.3 Å². The van der Waals surface area contributed by atoms with Crippen LogP contribution >= 0.6 is 0 Å². The lowest BCUT2D eigenvalue weighted by molar-refractivity contribution is 0.103. The highest BCUT2D eigenvalue weighted by atomic mass is 19.2. The molecule has 0 aliphatic rings. The Morgan fingerprint density at radius 3 is 2.00 bits per heavy atom. The number of carbonyl (C=O) groups excluding carboxylic acids is 1. The number of hydrogen-bond acceptors (Lipinski definition) is 1. The van der Waals surface area contributed by atoms with Crippen LogP contribution in [0.3, 0.4) is 0 Å². The number of ketones is 1. The zero-order valence-electron chi connectivity index (χ0n) is 10.4. The summed E-state index contributed by atoms with van der Waals surface area (Å²) in [7, 11) is 0. The van der Waals surface area contributed by atoms with Crippen LogP contribution in [0.15, 0.2) is 30.3 Å². The van der Waals surface area contributed by atoms with Crippen LogP contribution < -0.4 is 0 Å². The van der Waals surface area contributed by atoms with Gasteiger partial charge in [0, 0.05) is 11.6 Å².